The second-order valence-corrected chi connectivity index (χ2v) is 8.90. The highest BCUT2D eigenvalue weighted by Gasteiger charge is 2.35. The van der Waals surface area contributed by atoms with E-state index in [-0.39, 0.29) is 5.41 Å². The molecule has 1 heterocycles. The summed E-state index contributed by atoms with van der Waals surface area (Å²) in [5, 5.41) is 0. The average molecular weight is 333 g/mol. The van der Waals surface area contributed by atoms with E-state index >= 15 is 0 Å². The summed E-state index contributed by atoms with van der Waals surface area (Å²) >= 11 is 1.93. The molecule has 0 atom stereocenters. The average Bonchev–Trinajstić information content (AvgIpc) is 2.93. The van der Waals surface area contributed by atoms with Crippen molar-refractivity contribution in [3.05, 3.63) is 69.1 Å². The zero-order valence-corrected chi connectivity index (χ0v) is 16.2. The Hall–Kier alpha value is -1.86. The summed E-state index contributed by atoms with van der Waals surface area (Å²) in [5.74, 6) is 0. The molecule has 4 rings (SSSR count). The van der Waals surface area contributed by atoms with Crippen LogP contribution in [0.5, 0.6) is 0 Å². The monoisotopic (exact) mass is 332 g/mol. The summed E-state index contributed by atoms with van der Waals surface area (Å²) in [6.07, 6.45) is 0. The van der Waals surface area contributed by atoms with Crippen molar-refractivity contribution in [3.8, 4) is 21.6 Å². The second-order valence-electron chi connectivity index (χ2n) is 7.67. The van der Waals surface area contributed by atoms with Crippen molar-refractivity contribution in [2.45, 2.75) is 47.0 Å². The van der Waals surface area contributed by atoms with Crippen LogP contribution in [-0.2, 0) is 5.41 Å². The molecule has 0 spiro atoms. The Morgan fingerprint density at radius 3 is 2.00 bits per heavy atom. The molecular formula is C23H24S. The quantitative estimate of drug-likeness (QED) is 0.452. The van der Waals surface area contributed by atoms with Crippen LogP contribution in [0, 0.1) is 27.7 Å². The number of benzene rings is 2. The molecule has 1 heteroatoms. The van der Waals surface area contributed by atoms with Crippen LogP contribution in [0.25, 0.3) is 21.6 Å². The summed E-state index contributed by atoms with van der Waals surface area (Å²) in [7, 11) is 0. The van der Waals surface area contributed by atoms with E-state index in [9.17, 15) is 0 Å². The highest BCUT2D eigenvalue weighted by molar-refractivity contribution is 7.15. The molecule has 0 radical (unpaired) electrons. The standard InChI is InChI=1S/C23H24S/c1-13-7-9-18-19-10-8-17(22-15(3)14(2)16(4)24-22)12-21(19)23(5,6)20(18)11-13/h7-12H,1-6H3. The van der Waals surface area contributed by atoms with Crippen LogP contribution >= 0.6 is 11.3 Å². The Morgan fingerprint density at radius 2 is 1.38 bits per heavy atom. The lowest BCUT2D eigenvalue weighted by atomic mass is 9.81. The van der Waals surface area contributed by atoms with Crippen molar-refractivity contribution >= 4 is 11.3 Å². The fraction of sp³-hybridized carbons (Fsp3) is 0.304. The van der Waals surface area contributed by atoms with Gasteiger partial charge in [-0.3, -0.25) is 0 Å². The Labute approximate surface area is 149 Å². The first-order chi connectivity index (χ1) is 11.3. The Bertz CT molecular complexity index is 970. The Balaban J connectivity index is 1.93. The van der Waals surface area contributed by atoms with Gasteiger partial charge in [0.25, 0.3) is 0 Å². The summed E-state index contributed by atoms with van der Waals surface area (Å²) in [6, 6.07) is 14.0. The van der Waals surface area contributed by atoms with Gasteiger partial charge >= 0.3 is 0 Å². The van der Waals surface area contributed by atoms with Crippen LogP contribution in [0.4, 0.5) is 0 Å². The van der Waals surface area contributed by atoms with Gasteiger partial charge in [0.15, 0.2) is 0 Å². The van der Waals surface area contributed by atoms with Gasteiger partial charge in [0.1, 0.15) is 0 Å². The van der Waals surface area contributed by atoms with Crippen molar-refractivity contribution < 1.29 is 0 Å². The van der Waals surface area contributed by atoms with Crippen LogP contribution in [-0.4, -0.2) is 0 Å². The maximum absolute atomic E-state index is 2.43. The van der Waals surface area contributed by atoms with Crippen molar-refractivity contribution in [1.29, 1.82) is 0 Å². The van der Waals surface area contributed by atoms with Crippen LogP contribution in [0.2, 0.25) is 0 Å². The third kappa shape index (κ3) is 2.04. The molecule has 0 nitrogen and oxygen atoms in total. The Kier molecular flexibility index (Phi) is 3.30. The van der Waals surface area contributed by atoms with Crippen molar-refractivity contribution in [1.82, 2.24) is 0 Å². The first-order valence-corrected chi connectivity index (χ1v) is 9.45. The zero-order chi connectivity index (χ0) is 17.2. The van der Waals surface area contributed by atoms with E-state index in [1.807, 2.05) is 11.3 Å². The molecule has 0 N–H and O–H groups in total. The molecule has 3 aromatic rings. The molecule has 0 amide bonds. The summed E-state index contributed by atoms with van der Waals surface area (Å²) in [5.41, 5.74) is 11.4. The van der Waals surface area contributed by atoms with E-state index in [1.165, 1.54) is 54.3 Å². The molecule has 0 fully saturated rings. The third-order valence-corrected chi connectivity index (χ3v) is 7.14. The number of hydrogen-bond donors (Lipinski definition) is 0. The third-order valence-electron chi connectivity index (χ3n) is 5.78. The largest absolute Gasteiger partial charge is 0.140 e. The van der Waals surface area contributed by atoms with Crippen molar-refractivity contribution in [2.24, 2.45) is 0 Å². The van der Waals surface area contributed by atoms with Gasteiger partial charge in [0, 0.05) is 15.2 Å². The minimum atomic E-state index is 0.0714. The predicted molar refractivity (Wildman–Crippen MR) is 106 cm³/mol. The molecule has 24 heavy (non-hydrogen) atoms. The van der Waals surface area contributed by atoms with Crippen molar-refractivity contribution in [3.63, 3.8) is 0 Å². The maximum Gasteiger partial charge on any atom is 0.0377 e. The molecule has 1 aliphatic rings. The SMILES string of the molecule is Cc1ccc2c(c1)C(C)(C)c1cc(-c3sc(C)c(C)c3C)ccc1-2. The summed E-state index contributed by atoms with van der Waals surface area (Å²) in [4.78, 5) is 2.86. The summed E-state index contributed by atoms with van der Waals surface area (Å²) in [6.45, 7) is 13.6. The van der Waals surface area contributed by atoms with Gasteiger partial charge in [-0.05, 0) is 72.7 Å². The molecule has 2 aromatic carbocycles. The molecule has 0 saturated heterocycles. The molecule has 0 bridgehead atoms. The molecule has 1 aliphatic carbocycles. The minimum absolute atomic E-state index is 0.0714. The van der Waals surface area contributed by atoms with E-state index in [1.54, 1.807) is 0 Å². The molecule has 0 unspecified atom stereocenters. The first-order valence-electron chi connectivity index (χ1n) is 8.63. The number of rotatable bonds is 1. The van der Waals surface area contributed by atoms with E-state index in [0.29, 0.717) is 0 Å². The van der Waals surface area contributed by atoms with Crippen LogP contribution in [0.3, 0.4) is 0 Å². The molecule has 122 valence electrons. The van der Waals surface area contributed by atoms with Crippen LogP contribution < -0.4 is 0 Å². The first kappa shape index (κ1) is 15.7. The van der Waals surface area contributed by atoms with Crippen molar-refractivity contribution in [2.75, 3.05) is 0 Å². The van der Waals surface area contributed by atoms with E-state index in [0.717, 1.165) is 0 Å². The zero-order valence-electron chi connectivity index (χ0n) is 15.4. The number of fused-ring (bicyclic) bond motifs is 3. The van der Waals surface area contributed by atoms with Gasteiger partial charge in [0.05, 0.1) is 0 Å². The van der Waals surface area contributed by atoms with E-state index in [4.69, 9.17) is 0 Å². The second kappa shape index (κ2) is 5.07. The van der Waals surface area contributed by atoms with Gasteiger partial charge in [-0.1, -0.05) is 49.7 Å². The van der Waals surface area contributed by atoms with E-state index in [2.05, 4.69) is 77.9 Å². The molecule has 0 aliphatic heterocycles. The fourth-order valence-electron chi connectivity index (χ4n) is 4.01. The molecule has 0 saturated carbocycles. The number of aryl methyl sites for hydroxylation is 2. The van der Waals surface area contributed by atoms with E-state index < -0.39 is 0 Å². The fourth-order valence-corrected chi connectivity index (χ4v) is 5.17. The van der Waals surface area contributed by atoms with Gasteiger partial charge in [0.2, 0.25) is 0 Å². The van der Waals surface area contributed by atoms with Crippen LogP contribution in [0.15, 0.2) is 36.4 Å². The lowest BCUT2D eigenvalue weighted by Gasteiger charge is -2.22. The summed E-state index contributed by atoms with van der Waals surface area (Å²) < 4.78 is 0. The van der Waals surface area contributed by atoms with Crippen LogP contribution in [0.1, 0.15) is 46.5 Å². The predicted octanol–water partition coefficient (Wildman–Crippen LogP) is 6.96. The smallest absolute Gasteiger partial charge is 0.0377 e. The molecule has 1 aromatic heterocycles. The molecular weight excluding hydrogens is 308 g/mol. The highest BCUT2D eigenvalue weighted by atomic mass is 32.1. The minimum Gasteiger partial charge on any atom is -0.140 e. The van der Waals surface area contributed by atoms with Gasteiger partial charge in [-0.2, -0.15) is 0 Å². The maximum atomic E-state index is 2.43. The Morgan fingerprint density at radius 1 is 0.750 bits per heavy atom. The normalized spacial score (nSPS) is 14.6. The number of hydrogen-bond acceptors (Lipinski definition) is 1. The lowest BCUT2D eigenvalue weighted by Crippen LogP contribution is -2.15. The highest BCUT2D eigenvalue weighted by Crippen LogP contribution is 2.50. The van der Waals surface area contributed by atoms with Gasteiger partial charge in [-0.15, -0.1) is 11.3 Å². The number of thiophene rings is 1. The van der Waals surface area contributed by atoms with Gasteiger partial charge in [-0.25, -0.2) is 0 Å². The lowest BCUT2D eigenvalue weighted by molar-refractivity contribution is 0.660. The topological polar surface area (TPSA) is 0 Å². The van der Waals surface area contributed by atoms with Gasteiger partial charge < -0.3 is 0 Å².